The Bertz CT molecular complexity index is 1090. The maximum Gasteiger partial charge on any atom is 0.252 e. The Labute approximate surface area is 161 Å². The highest BCUT2D eigenvalue weighted by Gasteiger charge is 2.11. The van der Waals surface area contributed by atoms with Crippen LogP contribution in [0, 0.1) is 0 Å². The summed E-state index contributed by atoms with van der Waals surface area (Å²) in [5, 5.41) is 3.14. The third-order valence-electron chi connectivity index (χ3n) is 3.90. The van der Waals surface area contributed by atoms with E-state index < -0.39 is 10.0 Å². The number of pyridine rings is 1. The zero-order valence-electron chi connectivity index (χ0n) is 14.7. The van der Waals surface area contributed by atoms with E-state index in [-0.39, 0.29) is 5.91 Å². The fraction of sp³-hybridized carbons (Fsp3) is 0.235. The van der Waals surface area contributed by atoms with Crippen LogP contribution in [0.25, 0.3) is 11.0 Å². The highest BCUT2D eigenvalue weighted by molar-refractivity contribution is 7.92. The van der Waals surface area contributed by atoms with Crippen LogP contribution in [0.4, 0.5) is 5.69 Å². The molecule has 0 bridgehead atoms. The summed E-state index contributed by atoms with van der Waals surface area (Å²) in [6, 6.07) is 8.33. The summed E-state index contributed by atoms with van der Waals surface area (Å²) in [5.41, 5.74) is 2.44. The number of benzene rings is 1. The van der Waals surface area contributed by atoms with Crippen molar-refractivity contribution in [3.05, 3.63) is 53.1 Å². The molecule has 1 amide bonds. The number of rotatable bonds is 6. The van der Waals surface area contributed by atoms with Crippen LogP contribution in [0.15, 0.2) is 36.5 Å². The molecular weight excluding hydrogens is 390 g/mol. The van der Waals surface area contributed by atoms with E-state index in [4.69, 9.17) is 11.6 Å². The smallest absolute Gasteiger partial charge is 0.252 e. The van der Waals surface area contributed by atoms with Gasteiger partial charge in [-0.05, 0) is 30.3 Å². The largest absolute Gasteiger partial charge is 0.352 e. The van der Waals surface area contributed by atoms with Gasteiger partial charge in [0.15, 0.2) is 0 Å². The van der Waals surface area contributed by atoms with Gasteiger partial charge in [-0.2, -0.15) is 0 Å². The second-order valence-corrected chi connectivity index (χ2v) is 8.18. The lowest BCUT2D eigenvalue weighted by Crippen LogP contribution is -2.26. The van der Waals surface area contributed by atoms with Crippen molar-refractivity contribution in [3.8, 4) is 0 Å². The van der Waals surface area contributed by atoms with Gasteiger partial charge in [0.2, 0.25) is 10.0 Å². The minimum Gasteiger partial charge on any atom is -0.352 e. The molecule has 27 heavy (non-hydrogen) atoms. The molecule has 0 aliphatic carbocycles. The van der Waals surface area contributed by atoms with Crippen molar-refractivity contribution in [1.29, 1.82) is 0 Å². The SMILES string of the molecule is Cn1c(CCNC(=O)c2ccc(Cl)nc2)nc2cc(NS(C)(=O)=O)ccc21. The maximum atomic E-state index is 12.1. The fourth-order valence-corrected chi connectivity index (χ4v) is 3.32. The first-order valence-electron chi connectivity index (χ1n) is 8.06. The average molecular weight is 408 g/mol. The number of amides is 1. The van der Waals surface area contributed by atoms with E-state index in [1.807, 2.05) is 11.6 Å². The van der Waals surface area contributed by atoms with Gasteiger partial charge in [0.1, 0.15) is 11.0 Å². The highest BCUT2D eigenvalue weighted by Crippen LogP contribution is 2.20. The molecule has 2 N–H and O–H groups in total. The Kier molecular flexibility index (Phi) is 5.33. The first kappa shape index (κ1) is 19.1. The molecular formula is C17H18ClN5O3S. The van der Waals surface area contributed by atoms with Gasteiger partial charge in [-0.15, -0.1) is 0 Å². The van der Waals surface area contributed by atoms with Crippen molar-refractivity contribution in [2.24, 2.45) is 7.05 Å². The zero-order valence-corrected chi connectivity index (χ0v) is 16.3. The summed E-state index contributed by atoms with van der Waals surface area (Å²) in [6.07, 6.45) is 3.04. The molecule has 0 spiro atoms. The molecule has 2 heterocycles. The molecule has 0 aliphatic heterocycles. The van der Waals surface area contributed by atoms with Crippen LogP contribution in [0.3, 0.4) is 0 Å². The highest BCUT2D eigenvalue weighted by atomic mass is 35.5. The molecule has 3 aromatic rings. The number of anilines is 1. The quantitative estimate of drug-likeness (QED) is 0.607. The number of nitrogens with zero attached hydrogens (tertiary/aromatic N) is 3. The molecule has 0 radical (unpaired) electrons. The van der Waals surface area contributed by atoms with Crippen molar-refractivity contribution < 1.29 is 13.2 Å². The number of carbonyl (C=O) groups is 1. The molecule has 10 heteroatoms. The van der Waals surface area contributed by atoms with Crippen LogP contribution in [-0.2, 0) is 23.5 Å². The Morgan fingerprint density at radius 1 is 1.26 bits per heavy atom. The number of aryl methyl sites for hydroxylation is 1. The summed E-state index contributed by atoms with van der Waals surface area (Å²) in [4.78, 5) is 20.5. The van der Waals surface area contributed by atoms with Crippen molar-refractivity contribution in [2.75, 3.05) is 17.5 Å². The molecule has 2 aromatic heterocycles. The summed E-state index contributed by atoms with van der Waals surface area (Å²) >= 11 is 5.71. The minimum atomic E-state index is -3.35. The van der Waals surface area contributed by atoms with Gasteiger partial charge in [0.25, 0.3) is 5.91 Å². The van der Waals surface area contributed by atoms with Crippen LogP contribution in [-0.4, -0.2) is 41.7 Å². The molecule has 1 aromatic carbocycles. The third-order valence-corrected chi connectivity index (χ3v) is 4.73. The summed E-state index contributed by atoms with van der Waals surface area (Å²) in [7, 11) is -1.47. The average Bonchev–Trinajstić information content (AvgIpc) is 2.89. The molecule has 142 valence electrons. The van der Waals surface area contributed by atoms with Gasteiger partial charge >= 0.3 is 0 Å². The van der Waals surface area contributed by atoms with Crippen molar-refractivity contribution in [2.45, 2.75) is 6.42 Å². The number of halogens is 1. The topological polar surface area (TPSA) is 106 Å². The molecule has 0 atom stereocenters. The second-order valence-electron chi connectivity index (χ2n) is 6.04. The van der Waals surface area contributed by atoms with Crippen molar-refractivity contribution >= 4 is 44.3 Å². The van der Waals surface area contributed by atoms with Crippen LogP contribution in [0.2, 0.25) is 5.15 Å². The van der Waals surface area contributed by atoms with E-state index in [1.54, 1.807) is 30.3 Å². The lowest BCUT2D eigenvalue weighted by molar-refractivity contribution is 0.0953. The van der Waals surface area contributed by atoms with E-state index in [0.29, 0.717) is 34.9 Å². The monoisotopic (exact) mass is 407 g/mol. The number of nitrogens with one attached hydrogen (secondary N) is 2. The molecule has 0 unspecified atom stereocenters. The Hall–Kier alpha value is -2.65. The fourth-order valence-electron chi connectivity index (χ4n) is 2.65. The van der Waals surface area contributed by atoms with E-state index in [2.05, 4.69) is 20.0 Å². The van der Waals surface area contributed by atoms with Crippen molar-refractivity contribution in [1.82, 2.24) is 19.9 Å². The lowest BCUT2D eigenvalue weighted by atomic mass is 10.2. The number of sulfonamides is 1. The van der Waals surface area contributed by atoms with Crippen LogP contribution < -0.4 is 10.0 Å². The van der Waals surface area contributed by atoms with E-state index in [9.17, 15) is 13.2 Å². The van der Waals surface area contributed by atoms with Gasteiger partial charge in [0.05, 0.1) is 28.5 Å². The summed E-state index contributed by atoms with van der Waals surface area (Å²) in [5.74, 6) is 0.536. The van der Waals surface area contributed by atoms with Crippen LogP contribution >= 0.6 is 11.6 Å². The number of hydrogen-bond acceptors (Lipinski definition) is 5. The van der Waals surface area contributed by atoms with E-state index in [1.165, 1.54) is 6.20 Å². The lowest BCUT2D eigenvalue weighted by Gasteiger charge is -2.06. The second kappa shape index (κ2) is 7.53. The standard InChI is InChI=1S/C17H18ClN5O3S/c1-23-14-5-4-12(22-27(2,25)26)9-13(14)21-16(23)7-8-19-17(24)11-3-6-15(18)20-10-11/h3-6,9-10,22H,7-8H2,1-2H3,(H,19,24). The van der Waals surface area contributed by atoms with Crippen LogP contribution in [0.1, 0.15) is 16.2 Å². The van der Waals surface area contributed by atoms with E-state index in [0.717, 1.165) is 17.6 Å². The third kappa shape index (κ3) is 4.75. The predicted octanol–water partition coefficient (Wildman–Crippen LogP) is 1.97. The molecule has 0 aliphatic rings. The summed E-state index contributed by atoms with van der Waals surface area (Å²) < 4.78 is 27.1. The zero-order chi connectivity index (χ0) is 19.6. The first-order valence-corrected chi connectivity index (χ1v) is 10.3. The predicted molar refractivity (Wildman–Crippen MR) is 104 cm³/mol. The normalized spacial score (nSPS) is 11.5. The van der Waals surface area contributed by atoms with Gasteiger partial charge in [-0.1, -0.05) is 11.6 Å². The Balaban J connectivity index is 1.68. The number of imidazole rings is 1. The van der Waals surface area contributed by atoms with Gasteiger partial charge in [-0.3, -0.25) is 9.52 Å². The van der Waals surface area contributed by atoms with Crippen LogP contribution in [0.5, 0.6) is 0 Å². The van der Waals surface area contributed by atoms with E-state index >= 15 is 0 Å². The Morgan fingerprint density at radius 2 is 2.04 bits per heavy atom. The molecule has 0 fully saturated rings. The maximum absolute atomic E-state index is 12.1. The molecule has 8 nitrogen and oxygen atoms in total. The Morgan fingerprint density at radius 3 is 2.70 bits per heavy atom. The van der Waals surface area contributed by atoms with Gasteiger partial charge in [0, 0.05) is 26.2 Å². The number of fused-ring (bicyclic) bond motifs is 1. The molecule has 0 saturated heterocycles. The first-order chi connectivity index (χ1) is 12.7. The number of hydrogen-bond donors (Lipinski definition) is 2. The molecule has 0 saturated carbocycles. The van der Waals surface area contributed by atoms with Gasteiger partial charge < -0.3 is 9.88 Å². The molecule has 3 rings (SSSR count). The summed E-state index contributed by atoms with van der Waals surface area (Å²) in [6.45, 7) is 0.396. The number of aromatic nitrogens is 3. The minimum absolute atomic E-state index is 0.238. The van der Waals surface area contributed by atoms with Gasteiger partial charge in [-0.25, -0.2) is 18.4 Å². The van der Waals surface area contributed by atoms with Crippen molar-refractivity contribution in [3.63, 3.8) is 0 Å². The number of carbonyl (C=O) groups excluding carboxylic acids is 1.